The molecule has 0 aliphatic heterocycles. The molecular weight excluding hydrogens is 378 g/mol. The molecule has 3 heterocycles. The Balaban J connectivity index is 1.61. The average molecular weight is 394 g/mol. The van der Waals surface area contributed by atoms with E-state index in [0.717, 1.165) is 28.8 Å². The van der Waals surface area contributed by atoms with Gasteiger partial charge in [-0.3, -0.25) is 0 Å². The van der Waals surface area contributed by atoms with Crippen molar-refractivity contribution < 1.29 is 0 Å². The molecule has 0 saturated carbocycles. The smallest absolute Gasteiger partial charge is 0.228 e. The number of hydrogen-bond donors (Lipinski definition) is 2. The van der Waals surface area contributed by atoms with Gasteiger partial charge in [0.25, 0.3) is 0 Å². The Morgan fingerprint density at radius 2 is 2.17 bits per heavy atom. The number of nitrogens with zero attached hydrogens (tertiary/aromatic N) is 5. The minimum Gasteiger partial charge on any atom is -0.347 e. The number of aryl methyl sites for hydroxylation is 2. The highest BCUT2D eigenvalue weighted by atomic mass is 79.9. The first-order valence-corrected chi connectivity index (χ1v) is 9.52. The molecular formula is C14H16BrN7S. The van der Waals surface area contributed by atoms with Crippen molar-refractivity contribution in [2.24, 2.45) is 0 Å². The van der Waals surface area contributed by atoms with Crippen LogP contribution >= 0.6 is 27.7 Å². The second-order valence-corrected chi connectivity index (χ2v) is 7.06. The molecule has 9 heteroatoms. The maximum atomic E-state index is 4.69. The van der Waals surface area contributed by atoms with E-state index in [1.165, 1.54) is 36.0 Å². The Kier molecular flexibility index (Phi) is 3.98. The number of anilines is 1. The molecule has 0 saturated heterocycles. The van der Waals surface area contributed by atoms with E-state index < -0.39 is 0 Å². The minimum atomic E-state index is 0.588. The molecule has 0 aromatic carbocycles. The van der Waals surface area contributed by atoms with Crippen LogP contribution in [0.15, 0.2) is 15.8 Å². The first-order valence-electron chi connectivity index (χ1n) is 7.50. The number of aromatic amines is 1. The second-order valence-electron chi connectivity index (χ2n) is 5.43. The summed E-state index contributed by atoms with van der Waals surface area (Å²) < 4.78 is 2.55. The van der Waals surface area contributed by atoms with E-state index in [9.17, 15) is 0 Å². The van der Waals surface area contributed by atoms with Crippen LogP contribution in [0.1, 0.15) is 30.1 Å². The largest absolute Gasteiger partial charge is 0.347 e. The molecule has 4 rings (SSSR count). The van der Waals surface area contributed by atoms with Crippen LogP contribution in [0.5, 0.6) is 0 Å². The standard InChI is InChI=1S/C14H16BrN7S/c1-23-14-20-12-8(15)6-17-22(12)13(21-14)16-7-11-18-9-4-2-3-5-10(9)19-11/h6H,2-5,7H2,1H3,(H,18,19)(H,16,20,21). The zero-order valence-electron chi connectivity index (χ0n) is 12.6. The van der Waals surface area contributed by atoms with E-state index in [0.29, 0.717) is 17.6 Å². The molecule has 0 radical (unpaired) electrons. The van der Waals surface area contributed by atoms with Gasteiger partial charge in [0.15, 0.2) is 10.8 Å². The van der Waals surface area contributed by atoms with Gasteiger partial charge in [-0.1, -0.05) is 11.8 Å². The maximum absolute atomic E-state index is 4.69. The molecule has 0 unspecified atom stereocenters. The lowest BCUT2D eigenvalue weighted by Crippen LogP contribution is -2.10. The van der Waals surface area contributed by atoms with Gasteiger partial charge >= 0.3 is 0 Å². The zero-order valence-corrected chi connectivity index (χ0v) is 15.0. The third-order valence-electron chi connectivity index (χ3n) is 3.90. The summed E-state index contributed by atoms with van der Waals surface area (Å²) in [6.45, 7) is 0.588. The Labute approximate surface area is 145 Å². The van der Waals surface area contributed by atoms with E-state index in [2.05, 4.69) is 46.3 Å². The third-order valence-corrected chi connectivity index (χ3v) is 5.01. The summed E-state index contributed by atoms with van der Waals surface area (Å²) >= 11 is 4.98. The predicted molar refractivity (Wildman–Crippen MR) is 92.8 cm³/mol. The van der Waals surface area contributed by atoms with E-state index >= 15 is 0 Å². The summed E-state index contributed by atoms with van der Waals surface area (Å²) in [5, 5.41) is 8.34. The topological polar surface area (TPSA) is 83.8 Å². The molecule has 2 N–H and O–H groups in total. The number of fused-ring (bicyclic) bond motifs is 2. The Hall–Kier alpha value is -1.61. The fourth-order valence-electron chi connectivity index (χ4n) is 2.80. The summed E-state index contributed by atoms with van der Waals surface area (Å²) in [4.78, 5) is 17.1. The van der Waals surface area contributed by atoms with Crippen LogP contribution in [0.4, 0.5) is 5.95 Å². The summed E-state index contributed by atoms with van der Waals surface area (Å²) in [5.41, 5.74) is 3.26. The Morgan fingerprint density at radius 3 is 3.00 bits per heavy atom. The van der Waals surface area contributed by atoms with Crippen LogP contribution in [0, 0.1) is 0 Å². The molecule has 3 aromatic rings. The van der Waals surface area contributed by atoms with Crippen LogP contribution in [0.25, 0.3) is 5.65 Å². The Morgan fingerprint density at radius 1 is 1.30 bits per heavy atom. The third kappa shape index (κ3) is 2.83. The summed E-state index contributed by atoms with van der Waals surface area (Å²) in [6.07, 6.45) is 8.34. The first kappa shape index (κ1) is 14.9. The molecule has 23 heavy (non-hydrogen) atoms. The number of nitrogens with one attached hydrogen (secondary N) is 2. The molecule has 120 valence electrons. The molecule has 0 spiro atoms. The Bertz CT molecular complexity index is 833. The van der Waals surface area contributed by atoms with Crippen molar-refractivity contribution in [3.63, 3.8) is 0 Å². The SMILES string of the molecule is CSc1nc(NCc2nc3c([nH]2)CCCC3)n2ncc(Br)c2n1. The highest BCUT2D eigenvalue weighted by Crippen LogP contribution is 2.22. The molecule has 0 fully saturated rings. The molecule has 0 atom stereocenters. The van der Waals surface area contributed by atoms with Crippen molar-refractivity contribution in [3.8, 4) is 0 Å². The normalized spacial score (nSPS) is 14.2. The van der Waals surface area contributed by atoms with E-state index in [1.807, 2.05) is 6.26 Å². The van der Waals surface area contributed by atoms with Crippen molar-refractivity contribution in [1.82, 2.24) is 29.5 Å². The number of H-pyrrole nitrogens is 1. The van der Waals surface area contributed by atoms with Crippen molar-refractivity contribution in [1.29, 1.82) is 0 Å². The number of hydrogen-bond acceptors (Lipinski definition) is 6. The summed E-state index contributed by atoms with van der Waals surface area (Å²) in [7, 11) is 0. The van der Waals surface area contributed by atoms with Crippen LogP contribution < -0.4 is 5.32 Å². The monoisotopic (exact) mass is 393 g/mol. The quantitative estimate of drug-likeness (QED) is 0.663. The lowest BCUT2D eigenvalue weighted by atomic mass is 10.0. The van der Waals surface area contributed by atoms with E-state index in [-0.39, 0.29) is 0 Å². The van der Waals surface area contributed by atoms with Crippen molar-refractivity contribution in [3.05, 3.63) is 27.9 Å². The highest BCUT2D eigenvalue weighted by Gasteiger charge is 2.15. The van der Waals surface area contributed by atoms with Crippen molar-refractivity contribution in [2.45, 2.75) is 37.4 Å². The van der Waals surface area contributed by atoms with Crippen LogP contribution in [0.2, 0.25) is 0 Å². The molecule has 1 aliphatic rings. The summed E-state index contributed by atoms with van der Waals surface area (Å²) in [6, 6.07) is 0. The predicted octanol–water partition coefficient (Wildman–Crippen LogP) is 2.82. The van der Waals surface area contributed by atoms with Crippen molar-refractivity contribution in [2.75, 3.05) is 11.6 Å². The van der Waals surface area contributed by atoms with Crippen LogP contribution in [-0.4, -0.2) is 35.8 Å². The van der Waals surface area contributed by atoms with Gasteiger partial charge in [-0.05, 0) is 47.9 Å². The lowest BCUT2D eigenvalue weighted by molar-refractivity contribution is 0.667. The second kappa shape index (κ2) is 6.12. The molecule has 3 aromatic heterocycles. The number of thioether (sulfide) groups is 1. The number of imidazole rings is 1. The average Bonchev–Trinajstić information content (AvgIpc) is 3.16. The van der Waals surface area contributed by atoms with Crippen molar-refractivity contribution >= 4 is 39.3 Å². The number of aromatic nitrogens is 6. The van der Waals surface area contributed by atoms with Gasteiger partial charge in [0, 0.05) is 5.69 Å². The lowest BCUT2D eigenvalue weighted by Gasteiger charge is -2.07. The van der Waals surface area contributed by atoms with Gasteiger partial charge < -0.3 is 10.3 Å². The van der Waals surface area contributed by atoms with Gasteiger partial charge in [0.1, 0.15) is 5.82 Å². The zero-order chi connectivity index (χ0) is 15.8. The first-order chi connectivity index (χ1) is 11.2. The molecule has 1 aliphatic carbocycles. The maximum Gasteiger partial charge on any atom is 0.228 e. The molecule has 0 bridgehead atoms. The van der Waals surface area contributed by atoms with Gasteiger partial charge in [0.05, 0.1) is 22.9 Å². The van der Waals surface area contributed by atoms with Crippen LogP contribution in [-0.2, 0) is 19.4 Å². The van der Waals surface area contributed by atoms with Crippen LogP contribution in [0.3, 0.4) is 0 Å². The van der Waals surface area contributed by atoms with Gasteiger partial charge in [0.2, 0.25) is 5.95 Å². The fourth-order valence-corrected chi connectivity index (χ4v) is 3.50. The summed E-state index contributed by atoms with van der Waals surface area (Å²) in [5.74, 6) is 1.61. The van der Waals surface area contributed by atoms with Gasteiger partial charge in [-0.25, -0.2) is 9.97 Å². The van der Waals surface area contributed by atoms with Gasteiger partial charge in [-0.15, -0.1) is 0 Å². The highest BCUT2D eigenvalue weighted by molar-refractivity contribution is 9.10. The molecule has 0 amide bonds. The van der Waals surface area contributed by atoms with E-state index in [1.54, 1.807) is 10.7 Å². The number of halogens is 1. The fraction of sp³-hybridized carbons (Fsp3) is 0.429. The number of rotatable bonds is 4. The van der Waals surface area contributed by atoms with E-state index in [4.69, 9.17) is 0 Å². The molecule has 7 nitrogen and oxygen atoms in total. The van der Waals surface area contributed by atoms with Gasteiger partial charge in [-0.2, -0.15) is 14.6 Å². The minimum absolute atomic E-state index is 0.588.